The summed E-state index contributed by atoms with van der Waals surface area (Å²) in [6, 6.07) is 21.6. The molecule has 2 N–H and O–H groups in total. The Morgan fingerprint density at radius 1 is 0.875 bits per heavy atom. The van der Waals surface area contributed by atoms with E-state index in [1.807, 2.05) is 38.1 Å². The van der Waals surface area contributed by atoms with Crippen LogP contribution >= 0.6 is 19.4 Å². The summed E-state index contributed by atoms with van der Waals surface area (Å²) in [7, 11) is 11.9. The number of rotatable bonds is 9. The molecule has 0 amide bonds. The summed E-state index contributed by atoms with van der Waals surface area (Å²) in [4.78, 5) is 15.4. The molecule has 48 heavy (non-hydrogen) atoms. The summed E-state index contributed by atoms with van der Waals surface area (Å²) in [5.41, 5.74) is 13.4. The van der Waals surface area contributed by atoms with E-state index in [9.17, 15) is 10.1 Å². The minimum Gasteiger partial charge on any atom is -0.502 e. The summed E-state index contributed by atoms with van der Waals surface area (Å²) in [6.45, 7) is 22.1. The first-order chi connectivity index (χ1) is 22.7. The molecule has 0 bridgehead atoms. The molecule has 0 spiro atoms. The van der Waals surface area contributed by atoms with Crippen molar-refractivity contribution in [3.05, 3.63) is 128 Å². The molecule has 0 aromatic heterocycles. The third-order valence-electron chi connectivity index (χ3n) is 8.00. The van der Waals surface area contributed by atoms with Gasteiger partial charge in [0.2, 0.25) is 0 Å². The number of nitrogens with zero attached hydrogens (tertiary/aromatic N) is 3. The summed E-state index contributed by atoms with van der Waals surface area (Å²) >= 11 is -2.10. The van der Waals surface area contributed by atoms with Crippen LogP contribution in [0.5, 0.6) is 5.75 Å². The molecule has 1 saturated heterocycles. The Kier molecular flexibility index (Phi) is 13.1. The molecule has 0 aliphatic carbocycles. The van der Waals surface area contributed by atoms with Crippen LogP contribution in [0.1, 0.15) is 58.4 Å². The maximum atomic E-state index is 11.0. The normalized spacial score (nSPS) is 12.9. The van der Waals surface area contributed by atoms with Crippen molar-refractivity contribution in [1.82, 2.24) is 0 Å². The van der Waals surface area contributed by atoms with Crippen LogP contribution in [0.15, 0.2) is 66.7 Å². The van der Waals surface area contributed by atoms with Gasteiger partial charge >= 0.3 is 160 Å². The molecule has 0 saturated carbocycles. The Morgan fingerprint density at radius 2 is 1.40 bits per heavy atom. The van der Waals surface area contributed by atoms with Crippen LogP contribution < -0.4 is 15.1 Å². The fourth-order valence-electron chi connectivity index (χ4n) is 6.33. The van der Waals surface area contributed by atoms with Crippen LogP contribution in [-0.4, -0.2) is 33.5 Å². The van der Waals surface area contributed by atoms with Gasteiger partial charge in [0.15, 0.2) is 0 Å². The fourth-order valence-corrected chi connectivity index (χ4v) is 8.19. The van der Waals surface area contributed by atoms with Crippen molar-refractivity contribution in [3.63, 3.8) is 0 Å². The van der Waals surface area contributed by atoms with Crippen molar-refractivity contribution in [3.8, 4) is 5.75 Å². The number of nitro groups is 1. The zero-order valence-corrected chi connectivity index (χ0v) is 32.2. The predicted octanol–water partition coefficient (Wildman–Crippen LogP) is 9.92. The average molecular weight is 779 g/mol. The first-order valence-corrected chi connectivity index (χ1v) is 21.4. The van der Waals surface area contributed by atoms with Gasteiger partial charge in [-0.2, -0.15) is 6.67 Å². The number of hydrogen-bond acceptors (Lipinski definition) is 5. The molecular weight excluding hydrogens is 732 g/mol. The third kappa shape index (κ3) is 9.81. The zero-order chi connectivity index (χ0) is 35.1. The number of benzene rings is 4. The van der Waals surface area contributed by atoms with Crippen LogP contribution in [0.3, 0.4) is 0 Å². The molecule has 1 fully saturated rings. The molecule has 7 nitrogen and oxygen atoms in total. The Morgan fingerprint density at radius 3 is 1.88 bits per heavy atom. The number of aromatic hydroxyl groups is 1. The van der Waals surface area contributed by atoms with Crippen molar-refractivity contribution in [2.24, 2.45) is 0 Å². The second-order valence-corrected chi connectivity index (χ2v) is 18.3. The molecule has 5 rings (SSSR count). The van der Waals surface area contributed by atoms with Crippen molar-refractivity contribution < 1.29 is 23.2 Å². The summed E-state index contributed by atoms with van der Waals surface area (Å²) < 4.78 is 6.31. The van der Waals surface area contributed by atoms with E-state index in [0.29, 0.717) is 12.1 Å². The molecule has 258 valence electrons. The van der Waals surface area contributed by atoms with Gasteiger partial charge in [-0.1, -0.05) is 35.4 Å². The molecule has 4 aromatic rings. The average Bonchev–Trinajstić information content (AvgIpc) is 3.44. The maximum Gasteiger partial charge on any atom is 0.0146 e. The van der Waals surface area contributed by atoms with Gasteiger partial charge in [-0.05, 0) is 63.8 Å². The number of non-ortho nitro benzene ring substituents is 1. The van der Waals surface area contributed by atoms with Gasteiger partial charge in [0.05, 0.1) is 0 Å². The van der Waals surface area contributed by atoms with Gasteiger partial charge in [0.25, 0.3) is 0 Å². The van der Waals surface area contributed by atoms with E-state index in [1.165, 1.54) is 56.9 Å². The number of para-hydroxylation sites is 2. The molecule has 4 aromatic carbocycles. The standard InChI is InChI=1S/C21H27N2.C17H18N2O3.2ClH.Ru/c1-14-9-16(3)20(17(4)10-14)22-7-8-23(13-22)21-18(5)11-15(2)12-19(21)6;1-12(2)22-17-7-5-4-6-16(17)18-11-14-8-9-15(19(20)21)10-13(14)3;;;/h9-13H,7-8H2,1-6H3;3-10,12,18H,11H2,1-2H3;2*1H;/q-1;;;;+2/p-1. The number of nitrogens with one attached hydrogen (secondary N) is 1. The van der Waals surface area contributed by atoms with Crippen LogP contribution in [0.2, 0.25) is 0 Å². The number of nitro benzene ring substituents is 1. The Balaban J connectivity index is 0.000000217. The first-order valence-electron chi connectivity index (χ1n) is 15.9. The monoisotopic (exact) mass is 778 g/mol. The van der Waals surface area contributed by atoms with Gasteiger partial charge in [-0.3, -0.25) is 0 Å². The molecule has 1 aliphatic heterocycles. The quantitative estimate of drug-likeness (QED) is 0.0458. The molecule has 0 radical (unpaired) electrons. The Bertz CT molecular complexity index is 1700. The van der Waals surface area contributed by atoms with Crippen LogP contribution in [0, 0.1) is 58.3 Å². The summed E-state index contributed by atoms with van der Waals surface area (Å²) in [5, 5.41) is 14.3. The molecular formula is C38H46Cl2N4O3Ru. The fraction of sp³-hybridized carbons (Fsp3) is 0.316. The van der Waals surface area contributed by atoms with E-state index in [-0.39, 0.29) is 11.8 Å². The van der Waals surface area contributed by atoms with Crippen molar-refractivity contribution in [1.29, 1.82) is 0 Å². The Labute approximate surface area is 298 Å². The third-order valence-corrected chi connectivity index (χ3v) is 9.84. The van der Waals surface area contributed by atoms with E-state index in [1.54, 1.807) is 10.7 Å². The molecule has 10 heteroatoms. The number of halogens is 2. The first kappa shape index (κ1) is 37.4. The smallest absolute Gasteiger partial charge is 0.0146 e. The zero-order valence-electron chi connectivity index (χ0n) is 28.9. The summed E-state index contributed by atoms with van der Waals surface area (Å²) in [6.07, 6.45) is 0.186. The number of anilines is 3. The minimum atomic E-state index is -2.10. The van der Waals surface area contributed by atoms with Gasteiger partial charge in [0, 0.05) is 24.5 Å². The molecule has 1 heterocycles. The van der Waals surface area contributed by atoms with Crippen LogP contribution in [0.25, 0.3) is 0 Å². The second-order valence-electron chi connectivity index (χ2n) is 12.5. The number of aliphatic hydroxyl groups is 1. The van der Waals surface area contributed by atoms with Gasteiger partial charge in [-0.25, -0.2) is 0 Å². The predicted molar refractivity (Wildman–Crippen MR) is 201 cm³/mol. The SMILES string of the molecule is CC(C)[OH+]c1ccccc1NCc1ccc([N+](=O)[O-])cc1[CH]=[Ru]([Cl])[Cl].Cc1cc(C)c(N2[CH-]N(c3c(C)cc(C)cc3C)CC2)c(C)c1. The van der Waals surface area contributed by atoms with Crippen molar-refractivity contribution >= 4 is 46.7 Å². The van der Waals surface area contributed by atoms with Crippen molar-refractivity contribution in [2.45, 2.75) is 68.0 Å². The van der Waals surface area contributed by atoms with Gasteiger partial charge in [0.1, 0.15) is 0 Å². The second kappa shape index (κ2) is 16.8. The van der Waals surface area contributed by atoms with Gasteiger partial charge in [-0.15, -0.1) is 0 Å². The van der Waals surface area contributed by atoms with E-state index >= 15 is 0 Å². The molecule has 0 unspecified atom stereocenters. The molecule has 1 aliphatic rings. The van der Waals surface area contributed by atoms with E-state index in [2.05, 4.69) is 92.3 Å². The largest absolute Gasteiger partial charge is 0.502 e. The number of ether oxygens (including phenoxy) is 1. The number of hydrogen-bond donors (Lipinski definition) is 1. The molecule has 0 atom stereocenters. The van der Waals surface area contributed by atoms with E-state index < -0.39 is 18.4 Å². The Hall–Kier alpha value is -3.45. The van der Waals surface area contributed by atoms with E-state index in [0.717, 1.165) is 30.1 Å². The topological polar surface area (TPSA) is 74.4 Å². The van der Waals surface area contributed by atoms with Crippen LogP contribution in [-0.2, 0) is 20.1 Å². The van der Waals surface area contributed by atoms with Gasteiger partial charge < -0.3 is 9.80 Å². The van der Waals surface area contributed by atoms with Crippen molar-refractivity contribution in [2.75, 3.05) is 28.2 Å². The minimum absolute atomic E-state index is 0.0222. The summed E-state index contributed by atoms with van der Waals surface area (Å²) in [5.74, 6) is 0.882. The maximum absolute atomic E-state index is 11.0. The van der Waals surface area contributed by atoms with E-state index in [4.69, 9.17) is 19.4 Å². The number of aryl methyl sites for hydroxylation is 6. The van der Waals surface area contributed by atoms with Crippen LogP contribution in [0.4, 0.5) is 22.7 Å².